The van der Waals surface area contributed by atoms with Crippen LogP contribution in [0.15, 0.2) is 28.7 Å². The topological polar surface area (TPSA) is 60.2 Å². The molecule has 2 rings (SSSR count). The van der Waals surface area contributed by atoms with E-state index in [2.05, 4.69) is 26.2 Å². The first kappa shape index (κ1) is 13.5. The molecule has 4 nitrogen and oxygen atoms in total. The molecular weight excluding hydrogens is 320 g/mol. The highest BCUT2D eigenvalue weighted by Crippen LogP contribution is 2.28. The lowest BCUT2D eigenvalue weighted by molar-refractivity contribution is 0.398. The van der Waals surface area contributed by atoms with Gasteiger partial charge >= 0.3 is 0 Å². The molecule has 0 bridgehead atoms. The molecule has 0 aliphatic carbocycles. The maximum atomic E-state index is 13.7. The SMILES string of the molecule is COc1ccc(N)c(Nc2cc(F)c(Br)cc2F)n1. The van der Waals surface area contributed by atoms with Gasteiger partial charge in [-0.25, -0.2) is 8.78 Å². The molecule has 19 heavy (non-hydrogen) atoms. The molecule has 0 aliphatic heterocycles. The molecule has 0 atom stereocenters. The molecular formula is C12H10BrF2N3O. The molecule has 0 unspecified atom stereocenters. The third-order valence-electron chi connectivity index (χ3n) is 2.37. The number of nitrogens with one attached hydrogen (secondary N) is 1. The van der Waals surface area contributed by atoms with Gasteiger partial charge in [0.25, 0.3) is 0 Å². The van der Waals surface area contributed by atoms with Crippen molar-refractivity contribution < 1.29 is 13.5 Å². The van der Waals surface area contributed by atoms with Gasteiger partial charge < -0.3 is 15.8 Å². The smallest absolute Gasteiger partial charge is 0.215 e. The Morgan fingerprint density at radius 3 is 2.68 bits per heavy atom. The Labute approximate surface area is 116 Å². The van der Waals surface area contributed by atoms with Crippen molar-refractivity contribution in [3.8, 4) is 5.88 Å². The lowest BCUT2D eigenvalue weighted by atomic mass is 10.3. The summed E-state index contributed by atoms with van der Waals surface area (Å²) >= 11 is 2.90. The predicted molar refractivity (Wildman–Crippen MR) is 72.5 cm³/mol. The molecule has 1 aromatic carbocycles. The van der Waals surface area contributed by atoms with E-state index >= 15 is 0 Å². The quantitative estimate of drug-likeness (QED) is 0.846. The zero-order valence-electron chi connectivity index (χ0n) is 9.88. The minimum absolute atomic E-state index is 0.0436. The number of hydrogen-bond donors (Lipinski definition) is 2. The number of ether oxygens (including phenoxy) is 1. The molecule has 0 fully saturated rings. The van der Waals surface area contributed by atoms with Gasteiger partial charge in [-0.05, 0) is 28.1 Å². The highest BCUT2D eigenvalue weighted by molar-refractivity contribution is 9.10. The predicted octanol–water partition coefficient (Wildman–Crippen LogP) is 3.46. The number of nitrogens with two attached hydrogens (primary N) is 1. The minimum atomic E-state index is -0.628. The summed E-state index contributed by atoms with van der Waals surface area (Å²) in [7, 11) is 1.45. The zero-order valence-corrected chi connectivity index (χ0v) is 11.5. The van der Waals surface area contributed by atoms with Crippen LogP contribution < -0.4 is 15.8 Å². The van der Waals surface area contributed by atoms with Crippen LogP contribution in [0.4, 0.5) is 26.0 Å². The van der Waals surface area contributed by atoms with Gasteiger partial charge in [-0.15, -0.1) is 0 Å². The van der Waals surface area contributed by atoms with Crippen molar-refractivity contribution in [3.05, 3.63) is 40.4 Å². The van der Waals surface area contributed by atoms with E-state index in [1.54, 1.807) is 12.1 Å². The summed E-state index contributed by atoms with van der Waals surface area (Å²) in [4.78, 5) is 4.02. The van der Waals surface area contributed by atoms with Crippen LogP contribution in [0.25, 0.3) is 0 Å². The fourth-order valence-electron chi connectivity index (χ4n) is 1.41. The lowest BCUT2D eigenvalue weighted by Gasteiger charge is -2.11. The van der Waals surface area contributed by atoms with Crippen LogP contribution in [0.1, 0.15) is 0 Å². The average Bonchev–Trinajstić information content (AvgIpc) is 2.38. The number of halogens is 3. The number of hydrogen-bond acceptors (Lipinski definition) is 4. The molecule has 0 saturated carbocycles. The molecule has 100 valence electrons. The maximum absolute atomic E-state index is 13.7. The van der Waals surface area contributed by atoms with Gasteiger partial charge in [0, 0.05) is 12.1 Å². The van der Waals surface area contributed by atoms with Crippen molar-refractivity contribution >= 4 is 33.1 Å². The van der Waals surface area contributed by atoms with Crippen LogP contribution in [0.5, 0.6) is 5.88 Å². The Bertz CT molecular complexity index is 622. The first-order chi connectivity index (χ1) is 9.01. The second kappa shape index (κ2) is 5.40. The van der Waals surface area contributed by atoms with Crippen molar-refractivity contribution in [1.82, 2.24) is 4.98 Å². The fourth-order valence-corrected chi connectivity index (χ4v) is 1.73. The van der Waals surface area contributed by atoms with Crippen molar-refractivity contribution in [2.75, 3.05) is 18.2 Å². The molecule has 1 heterocycles. The fraction of sp³-hybridized carbons (Fsp3) is 0.0833. The van der Waals surface area contributed by atoms with Gasteiger partial charge in [0.05, 0.1) is 23.0 Å². The summed E-state index contributed by atoms with van der Waals surface area (Å²) in [5, 5.41) is 2.63. The summed E-state index contributed by atoms with van der Waals surface area (Å²) in [6.07, 6.45) is 0. The number of anilines is 3. The molecule has 7 heteroatoms. The number of aromatic nitrogens is 1. The Balaban J connectivity index is 2.38. The number of methoxy groups -OCH3 is 1. The van der Waals surface area contributed by atoms with Gasteiger partial charge in [0.15, 0.2) is 5.82 Å². The molecule has 0 radical (unpaired) electrons. The first-order valence-corrected chi connectivity index (χ1v) is 6.02. The number of rotatable bonds is 3. The van der Waals surface area contributed by atoms with Crippen molar-refractivity contribution in [2.24, 2.45) is 0 Å². The van der Waals surface area contributed by atoms with Crippen LogP contribution in [-0.4, -0.2) is 12.1 Å². The summed E-state index contributed by atoms with van der Waals surface area (Å²) in [6, 6.07) is 5.16. The molecule has 0 spiro atoms. The summed E-state index contributed by atoms with van der Waals surface area (Å²) in [5.41, 5.74) is 5.94. The van der Waals surface area contributed by atoms with E-state index in [1.165, 1.54) is 7.11 Å². The normalized spacial score (nSPS) is 10.3. The van der Waals surface area contributed by atoms with Crippen LogP contribution in [0, 0.1) is 11.6 Å². The number of benzene rings is 1. The maximum Gasteiger partial charge on any atom is 0.215 e. The summed E-state index contributed by atoms with van der Waals surface area (Å²) in [5.74, 6) is -0.711. The summed E-state index contributed by atoms with van der Waals surface area (Å²) < 4.78 is 32.0. The van der Waals surface area contributed by atoms with E-state index in [0.29, 0.717) is 11.6 Å². The van der Waals surface area contributed by atoms with Crippen LogP contribution in [0.2, 0.25) is 0 Å². The van der Waals surface area contributed by atoms with E-state index in [0.717, 1.165) is 12.1 Å². The van der Waals surface area contributed by atoms with Crippen molar-refractivity contribution in [3.63, 3.8) is 0 Å². The van der Waals surface area contributed by atoms with Crippen LogP contribution >= 0.6 is 15.9 Å². The van der Waals surface area contributed by atoms with Gasteiger partial charge in [0.1, 0.15) is 11.6 Å². The molecule has 0 saturated heterocycles. The van der Waals surface area contributed by atoms with E-state index < -0.39 is 11.6 Å². The monoisotopic (exact) mass is 329 g/mol. The van der Waals surface area contributed by atoms with Crippen molar-refractivity contribution in [2.45, 2.75) is 0 Å². The highest BCUT2D eigenvalue weighted by atomic mass is 79.9. The minimum Gasteiger partial charge on any atom is -0.481 e. The third kappa shape index (κ3) is 2.93. The number of pyridine rings is 1. The van der Waals surface area contributed by atoms with E-state index in [9.17, 15) is 8.78 Å². The summed E-state index contributed by atoms with van der Waals surface area (Å²) in [6.45, 7) is 0. The van der Waals surface area contributed by atoms with Crippen molar-refractivity contribution in [1.29, 1.82) is 0 Å². The molecule has 1 aromatic heterocycles. The lowest BCUT2D eigenvalue weighted by Crippen LogP contribution is -2.02. The molecule has 0 aliphatic rings. The zero-order chi connectivity index (χ0) is 14.0. The van der Waals surface area contributed by atoms with E-state index in [1.807, 2.05) is 0 Å². The average molecular weight is 330 g/mol. The van der Waals surface area contributed by atoms with Gasteiger partial charge in [-0.2, -0.15) is 4.98 Å². The molecule has 0 amide bonds. The molecule has 3 N–H and O–H groups in total. The van der Waals surface area contributed by atoms with E-state index in [4.69, 9.17) is 10.5 Å². The number of nitrogen functional groups attached to an aromatic ring is 1. The van der Waals surface area contributed by atoms with Gasteiger partial charge in [-0.3, -0.25) is 0 Å². The Morgan fingerprint density at radius 1 is 1.26 bits per heavy atom. The Hall–Kier alpha value is -1.89. The number of nitrogens with zero attached hydrogens (tertiary/aromatic N) is 1. The highest BCUT2D eigenvalue weighted by Gasteiger charge is 2.11. The van der Waals surface area contributed by atoms with Gasteiger partial charge in [-0.1, -0.05) is 0 Å². The van der Waals surface area contributed by atoms with Crippen LogP contribution in [-0.2, 0) is 0 Å². The second-order valence-electron chi connectivity index (χ2n) is 3.66. The molecule has 2 aromatic rings. The third-order valence-corrected chi connectivity index (χ3v) is 2.98. The Morgan fingerprint density at radius 2 is 2.00 bits per heavy atom. The van der Waals surface area contributed by atoms with Crippen LogP contribution in [0.3, 0.4) is 0 Å². The first-order valence-electron chi connectivity index (χ1n) is 5.23. The van der Waals surface area contributed by atoms with Gasteiger partial charge in [0.2, 0.25) is 5.88 Å². The van der Waals surface area contributed by atoms with E-state index in [-0.39, 0.29) is 16.0 Å². The second-order valence-corrected chi connectivity index (χ2v) is 4.52. The Kier molecular flexibility index (Phi) is 3.84. The standard InChI is InChI=1S/C12H10BrF2N3O/c1-19-11-3-2-9(16)12(18-11)17-10-5-7(14)6(13)4-8(10)15/h2-5H,16H2,1H3,(H,17,18). The largest absolute Gasteiger partial charge is 0.481 e.